The minimum atomic E-state index is -1.50. The molecule has 2 heterocycles. The molecule has 0 radical (unpaired) electrons. The lowest BCUT2D eigenvalue weighted by Gasteiger charge is -2.19. The van der Waals surface area contributed by atoms with E-state index < -0.39 is 18.0 Å². The first-order valence-electron chi connectivity index (χ1n) is 8.02. The number of carbonyl (C=O) groups is 1. The molecule has 0 spiro atoms. The first-order valence-corrected chi connectivity index (χ1v) is 8.02. The highest BCUT2D eigenvalue weighted by Gasteiger charge is 2.41. The average molecular weight is 343 g/mol. The van der Waals surface area contributed by atoms with Gasteiger partial charge in [-0.3, -0.25) is 9.78 Å². The predicted molar refractivity (Wildman–Crippen MR) is 89.1 cm³/mol. The Balaban J connectivity index is 1.87. The Labute approximate surface area is 144 Å². The summed E-state index contributed by atoms with van der Waals surface area (Å²) in [7, 11) is 1.49. The zero-order valence-corrected chi connectivity index (χ0v) is 14.0. The molecule has 1 fully saturated rings. The Morgan fingerprint density at radius 3 is 2.84 bits per heavy atom. The molecule has 0 bridgehead atoms. The second-order valence-electron chi connectivity index (χ2n) is 5.92. The van der Waals surface area contributed by atoms with Crippen LogP contribution in [-0.4, -0.2) is 36.8 Å². The average Bonchev–Trinajstić information content (AvgIpc) is 2.91. The van der Waals surface area contributed by atoms with Crippen LogP contribution < -0.4 is 14.8 Å². The van der Waals surface area contributed by atoms with Gasteiger partial charge in [-0.2, -0.15) is 5.26 Å². The van der Waals surface area contributed by atoms with Gasteiger partial charge in [-0.15, -0.1) is 0 Å². The van der Waals surface area contributed by atoms with Crippen LogP contribution in [-0.2, 0) is 4.79 Å². The second kappa shape index (κ2) is 6.93. The monoisotopic (exact) mass is 343 g/mol. The number of methoxy groups -OCH3 is 1. The lowest BCUT2D eigenvalue weighted by Crippen LogP contribution is -2.34. The fourth-order valence-electron chi connectivity index (χ4n) is 3.15. The van der Waals surface area contributed by atoms with E-state index in [1.165, 1.54) is 7.11 Å². The number of hydrogen-bond donors (Lipinski definition) is 1. The molecule has 0 saturated carbocycles. The van der Waals surface area contributed by atoms with Gasteiger partial charge in [-0.05, 0) is 18.6 Å². The molecule has 25 heavy (non-hydrogen) atoms. The standard InChI is InChI=1S/C18H18FN3O3/c1-3-12-14(22-18(23)17(12)19)9-25-16-8-21-7-11-4-10(6-20)15(24-2)5-13(11)16/h4-5,7-8,12,14,17H,3,9H2,1-2H3,(H,22,23)/t12-,14+,17-/m0/s1. The molecule has 1 amide bonds. The summed E-state index contributed by atoms with van der Waals surface area (Å²) in [5.74, 6) is -0.0610. The van der Waals surface area contributed by atoms with Crippen molar-refractivity contribution in [2.24, 2.45) is 5.92 Å². The molecule has 1 saturated heterocycles. The number of halogens is 1. The lowest BCUT2D eigenvalue weighted by atomic mass is 9.97. The highest BCUT2D eigenvalue weighted by Crippen LogP contribution is 2.32. The van der Waals surface area contributed by atoms with E-state index in [0.717, 1.165) is 10.8 Å². The van der Waals surface area contributed by atoms with Crippen molar-refractivity contribution in [3.8, 4) is 17.6 Å². The summed E-state index contributed by atoms with van der Waals surface area (Å²) in [5, 5.41) is 13.3. The van der Waals surface area contributed by atoms with Crippen LogP contribution in [0.4, 0.5) is 4.39 Å². The number of nitrogens with zero attached hydrogens (tertiary/aromatic N) is 2. The Bertz CT molecular complexity index is 849. The van der Waals surface area contributed by atoms with E-state index in [1.807, 2.05) is 6.92 Å². The van der Waals surface area contributed by atoms with Crippen molar-refractivity contribution in [3.63, 3.8) is 0 Å². The number of aromatic nitrogens is 1. The van der Waals surface area contributed by atoms with Crippen LogP contribution in [0.3, 0.4) is 0 Å². The van der Waals surface area contributed by atoms with Gasteiger partial charge in [0.05, 0.1) is 24.9 Å². The van der Waals surface area contributed by atoms with Gasteiger partial charge in [0, 0.05) is 22.9 Å². The van der Waals surface area contributed by atoms with Gasteiger partial charge < -0.3 is 14.8 Å². The van der Waals surface area contributed by atoms with Gasteiger partial charge >= 0.3 is 0 Å². The maximum atomic E-state index is 13.9. The summed E-state index contributed by atoms with van der Waals surface area (Å²) >= 11 is 0. The van der Waals surface area contributed by atoms with Crippen LogP contribution in [0.1, 0.15) is 18.9 Å². The van der Waals surface area contributed by atoms with Gasteiger partial charge in [0.1, 0.15) is 24.2 Å². The van der Waals surface area contributed by atoms with Gasteiger partial charge in [-0.25, -0.2) is 4.39 Å². The summed E-state index contributed by atoms with van der Waals surface area (Å²) in [6.07, 6.45) is 2.23. The molecular formula is C18H18FN3O3. The lowest BCUT2D eigenvalue weighted by molar-refractivity contribution is -0.123. The third-order valence-electron chi connectivity index (χ3n) is 4.52. The van der Waals surface area contributed by atoms with E-state index in [1.54, 1.807) is 24.5 Å². The number of amides is 1. The van der Waals surface area contributed by atoms with E-state index in [0.29, 0.717) is 23.5 Å². The topological polar surface area (TPSA) is 84.2 Å². The van der Waals surface area contributed by atoms with E-state index in [9.17, 15) is 14.4 Å². The smallest absolute Gasteiger partial charge is 0.255 e. The Kier molecular flexibility index (Phi) is 4.70. The highest BCUT2D eigenvalue weighted by atomic mass is 19.1. The normalized spacial score (nSPS) is 22.5. The van der Waals surface area contributed by atoms with Crippen LogP contribution in [0.2, 0.25) is 0 Å². The van der Waals surface area contributed by atoms with Crippen LogP contribution in [0.5, 0.6) is 11.5 Å². The third-order valence-corrected chi connectivity index (χ3v) is 4.52. The van der Waals surface area contributed by atoms with E-state index >= 15 is 0 Å². The van der Waals surface area contributed by atoms with E-state index in [-0.39, 0.29) is 12.6 Å². The van der Waals surface area contributed by atoms with E-state index in [2.05, 4.69) is 16.4 Å². The molecular weight excluding hydrogens is 325 g/mol. The van der Waals surface area contributed by atoms with Crippen LogP contribution >= 0.6 is 0 Å². The molecule has 3 atom stereocenters. The number of fused-ring (bicyclic) bond motifs is 1. The fourth-order valence-corrected chi connectivity index (χ4v) is 3.15. The zero-order valence-electron chi connectivity index (χ0n) is 14.0. The molecule has 0 unspecified atom stereocenters. The Morgan fingerprint density at radius 2 is 2.16 bits per heavy atom. The number of ether oxygens (including phenoxy) is 2. The number of benzene rings is 1. The first-order chi connectivity index (χ1) is 12.1. The van der Waals surface area contributed by atoms with Crippen LogP contribution in [0.15, 0.2) is 24.5 Å². The fraction of sp³-hybridized carbons (Fsp3) is 0.389. The van der Waals surface area contributed by atoms with Crippen molar-refractivity contribution in [2.75, 3.05) is 13.7 Å². The third kappa shape index (κ3) is 3.07. The van der Waals surface area contributed by atoms with Crippen molar-refractivity contribution < 1.29 is 18.7 Å². The minimum absolute atomic E-state index is 0.147. The summed E-state index contributed by atoms with van der Waals surface area (Å²) in [4.78, 5) is 15.7. The summed E-state index contributed by atoms with van der Waals surface area (Å²) in [6.45, 7) is 1.99. The quantitative estimate of drug-likeness (QED) is 0.901. The maximum absolute atomic E-state index is 13.9. The highest BCUT2D eigenvalue weighted by molar-refractivity contribution is 5.90. The van der Waals surface area contributed by atoms with Crippen molar-refractivity contribution in [1.82, 2.24) is 10.3 Å². The molecule has 130 valence electrons. The number of nitrogens with one attached hydrogen (secondary N) is 1. The Hall–Kier alpha value is -2.88. The Morgan fingerprint density at radius 1 is 1.36 bits per heavy atom. The molecule has 2 aromatic rings. The largest absolute Gasteiger partial charge is 0.495 e. The second-order valence-corrected chi connectivity index (χ2v) is 5.92. The number of hydrogen-bond acceptors (Lipinski definition) is 5. The SMILES string of the molecule is CC[C@@H]1[C@H](F)C(=O)N[C@@H]1COc1cncc2cc(C#N)c(OC)cc12. The molecule has 7 heteroatoms. The van der Waals surface area contributed by atoms with Crippen molar-refractivity contribution in [3.05, 3.63) is 30.1 Å². The molecule has 1 aliphatic heterocycles. The number of pyridine rings is 1. The molecule has 1 aliphatic rings. The van der Waals surface area contributed by atoms with Gasteiger partial charge in [0.15, 0.2) is 6.17 Å². The molecule has 3 rings (SSSR count). The number of nitriles is 1. The van der Waals surface area contributed by atoms with Gasteiger partial charge in [0.2, 0.25) is 0 Å². The molecule has 0 aliphatic carbocycles. The number of alkyl halides is 1. The van der Waals surface area contributed by atoms with Gasteiger partial charge in [-0.1, -0.05) is 6.92 Å². The zero-order chi connectivity index (χ0) is 18.0. The molecule has 1 aromatic heterocycles. The summed E-state index contributed by atoms with van der Waals surface area (Å²) in [6, 6.07) is 5.08. The molecule has 1 aromatic carbocycles. The van der Waals surface area contributed by atoms with Crippen LogP contribution in [0, 0.1) is 17.2 Å². The summed E-state index contributed by atoms with van der Waals surface area (Å²) < 4.78 is 24.9. The van der Waals surface area contributed by atoms with Crippen LogP contribution in [0.25, 0.3) is 10.8 Å². The van der Waals surface area contributed by atoms with Gasteiger partial charge in [0.25, 0.3) is 5.91 Å². The molecule has 1 N–H and O–H groups in total. The number of carbonyl (C=O) groups excluding carboxylic acids is 1. The predicted octanol–water partition coefficient (Wildman–Crippen LogP) is 2.36. The van der Waals surface area contributed by atoms with Crippen molar-refractivity contribution in [2.45, 2.75) is 25.6 Å². The van der Waals surface area contributed by atoms with E-state index in [4.69, 9.17) is 9.47 Å². The maximum Gasteiger partial charge on any atom is 0.255 e. The first kappa shape index (κ1) is 17.0. The minimum Gasteiger partial charge on any atom is -0.495 e. The van der Waals surface area contributed by atoms with Crippen molar-refractivity contribution in [1.29, 1.82) is 5.26 Å². The summed E-state index contributed by atoms with van der Waals surface area (Å²) in [5.41, 5.74) is 0.406. The number of rotatable bonds is 5. The van der Waals surface area contributed by atoms with Crippen molar-refractivity contribution >= 4 is 16.7 Å². The molecule has 6 nitrogen and oxygen atoms in total.